The van der Waals surface area contributed by atoms with E-state index in [9.17, 15) is 13.2 Å². The first kappa shape index (κ1) is 16.4. The number of hydrogen-bond acceptors (Lipinski definition) is 6. The van der Waals surface area contributed by atoms with Gasteiger partial charge in [-0.15, -0.1) is 0 Å². The lowest BCUT2D eigenvalue weighted by Crippen LogP contribution is -2.31. The molecule has 0 spiro atoms. The molecule has 5 nitrogen and oxygen atoms in total. The van der Waals surface area contributed by atoms with E-state index in [-0.39, 0.29) is 0 Å². The number of unbranched alkanes of at least 4 members (excludes halogenated alkanes) is 1. The standard InChI is InChI=1S/C12H20F3N5S/c13-12(14,15)10-17-11(21-18-10)20-7-3-6-19(8-9-20)5-2-1-4-16/h1-9,16H2. The van der Waals surface area contributed by atoms with Crippen molar-refractivity contribution in [2.75, 3.05) is 44.2 Å². The van der Waals surface area contributed by atoms with Crippen molar-refractivity contribution in [3.63, 3.8) is 0 Å². The van der Waals surface area contributed by atoms with Crippen LogP contribution in [-0.4, -0.2) is 53.5 Å². The molecule has 0 amide bonds. The Morgan fingerprint density at radius 1 is 1.14 bits per heavy atom. The molecule has 0 aromatic carbocycles. The second-order valence-corrected chi connectivity index (χ2v) is 5.81. The molecule has 120 valence electrons. The van der Waals surface area contributed by atoms with Crippen molar-refractivity contribution >= 4 is 16.7 Å². The van der Waals surface area contributed by atoms with Crippen molar-refractivity contribution in [1.29, 1.82) is 0 Å². The van der Waals surface area contributed by atoms with Crippen LogP contribution >= 0.6 is 11.5 Å². The second kappa shape index (κ2) is 7.37. The number of anilines is 1. The summed E-state index contributed by atoms with van der Waals surface area (Å²) in [6.45, 7) is 4.91. The zero-order valence-corrected chi connectivity index (χ0v) is 12.6. The predicted molar refractivity (Wildman–Crippen MR) is 76.5 cm³/mol. The van der Waals surface area contributed by atoms with Gasteiger partial charge in [-0.2, -0.15) is 22.5 Å². The van der Waals surface area contributed by atoms with Crippen LogP contribution in [0.2, 0.25) is 0 Å². The summed E-state index contributed by atoms with van der Waals surface area (Å²) in [6, 6.07) is 0. The van der Waals surface area contributed by atoms with Gasteiger partial charge in [0.2, 0.25) is 11.0 Å². The zero-order chi connectivity index (χ0) is 15.3. The van der Waals surface area contributed by atoms with Crippen molar-refractivity contribution in [3.8, 4) is 0 Å². The Balaban J connectivity index is 1.89. The minimum Gasteiger partial charge on any atom is -0.346 e. The molecule has 2 N–H and O–H groups in total. The molecule has 21 heavy (non-hydrogen) atoms. The second-order valence-electron chi connectivity index (χ2n) is 5.08. The summed E-state index contributed by atoms with van der Waals surface area (Å²) in [5.41, 5.74) is 5.48. The lowest BCUT2D eigenvalue weighted by molar-refractivity contribution is -0.144. The summed E-state index contributed by atoms with van der Waals surface area (Å²) in [7, 11) is 0. The maximum atomic E-state index is 12.5. The molecule has 0 radical (unpaired) electrons. The van der Waals surface area contributed by atoms with Gasteiger partial charge in [-0.1, -0.05) is 0 Å². The minimum atomic E-state index is -4.46. The Morgan fingerprint density at radius 3 is 2.62 bits per heavy atom. The van der Waals surface area contributed by atoms with Gasteiger partial charge in [-0.25, -0.2) is 0 Å². The number of nitrogens with two attached hydrogens (primary N) is 1. The highest BCUT2D eigenvalue weighted by molar-refractivity contribution is 7.09. The van der Waals surface area contributed by atoms with Crippen LogP contribution < -0.4 is 10.6 Å². The third-order valence-electron chi connectivity index (χ3n) is 3.46. The number of hydrogen-bond donors (Lipinski definition) is 1. The molecule has 1 fully saturated rings. The van der Waals surface area contributed by atoms with Crippen molar-refractivity contribution in [3.05, 3.63) is 5.82 Å². The highest BCUT2D eigenvalue weighted by Gasteiger charge is 2.36. The van der Waals surface area contributed by atoms with Crippen molar-refractivity contribution in [1.82, 2.24) is 14.3 Å². The van der Waals surface area contributed by atoms with Gasteiger partial charge in [0.1, 0.15) is 0 Å². The topological polar surface area (TPSA) is 58.3 Å². The minimum absolute atomic E-state index is 0.367. The van der Waals surface area contributed by atoms with Crippen LogP contribution in [-0.2, 0) is 6.18 Å². The van der Waals surface area contributed by atoms with Gasteiger partial charge in [-0.05, 0) is 38.9 Å². The highest BCUT2D eigenvalue weighted by atomic mass is 32.1. The third-order valence-corrected chi connectivity index (χ3v) is 4.23. The van der Waals surface area contributed by atoms with Crippen LogP contribution in [0.3, 0.4) is 0 Å². The summed E-state index contributed by atoms with van der Waals surface area (Å²) in [5, 5.41) is 0.367. The van der Waals surface area contributed by atoms with E-state index in [1.54, 1.807) is 0 Å². The smallest absolute Gasteiger partial charge is 0.346 e. The fourth-order valence-corrected chi connectivity index (χ4v) is 3.06. The monoisotopic (exact) mass is 323 g/mol. The van der Waals surface area contributed by atoms with Gasteiger partial charge >= 0.3 is 6.18 Å². The molecule has 0 bridgehead atoms. The zero-order valence-electron chi connectivity index (χ0n) is 11.8. The molecule has 0 saturated carbocycles. The molecule has 0 aliphatic carbocycles. The maximum Gasteiger partial charge on any atom is 0.452 e. The molecule has 2 rings (SSSR count). The van der Waals surface area contributed by atoms with E-state index in [1.807, 2.05) is 4.90 Å². The molecule has 9 heteroatoms. The summed E-state index contributed by atoms with van der Waals surface area (Å²) >= 11 is 0.825. The van der Waals surface area contributed by atoms with E-state index >= 15 is 0 Å². The Bertz CT molecular complexity index is 437. The molecular weight excluding hydrogens is 303 g/mol. The molecule has 0 atom stereocenters. The first-order valence-electron chi connectivity index (χ1n) is 7.09. The first-order valence-corrected chi connectivity index (χ1v) is 7.86. The molecular formula is C12H20F3N5S. The molecule has 1 aromatic heterocycles. The largest absolute Gasteiger partial charge is 0.452 e. The number of alkyl halides is 3. The molecule has 0 unspecified atom stereocenters. The van der Waals surface area contributed by atoms with Gasteiger partial charge in [0, 0.05) is 31.2 Å². The fraction of sp³-hybridized carbons (Fsp3) is 0.833. The van der Waals surface area contributed by atoms with Crippen LogP contribution in [0.1, 0.15) is 25.1 Å². The summed E-state index contributed by atoms with van der Waals surface area (Å²) in [4.78, 5) is 7.85. The fourth-order valence-electron chi connectivity index (χ4n) is 2.32. The Labute approximate surface area is 126 Å². The summed E-state index contributed by atoms with van der Waals surface area (Å²) in [6.07, 6.45) is -1.47. The summed E-state index contributed by atoms with van der Waals surface area (Å²) < 4.78 is 41.0. The van der Waals surface area contributed by atoms with Gasteiger partial charge < -0.3 is 15.5 Å². The number of aromatic nitrogens is 2. The van der Waals surface area contributed by atoms with E-state index < -0.39 is 12.0 Å². The first-order chi connectivity index (χ1) is 10.0. The van der Waals surface area contributed by atoms with Crippen LogP contribution in [0, 0.1) is 0 Å². The Morgan fingerprint density at radius 2 is 1.95 bits per heavy atom. The third kappa shape index (κ3) is 4.79. The SMILES string of the molecule is NCCCCN1CCCN(c2nc(C(F)(F)F)ns2)CC1. The van der Waals surface area contributed by atoms with E-state index in [4.69, 9.17) is 5.73 Å². The lowest BCUT2D eigenvalue weighted by atomic mass is 10.3. The molecule has 2 heterocycles. The summed E-state index contributed by atoms with van der Waals surface area (Å²) in [5.74, 6) is -1.04. The molecule has 1 aliphatic heterocycles. The van der Waals surface area contributed by atoms with Crippen LogP contribution in [0.5, 0.6) is 0 Å². The number of nitrogens with zero attached hydrogens (tertiary/aromatic N) is 4. The normalized spacial score (nSPS) is 18.0. The van der Waals surface area contributed by atoms with E-state index in [0.717, 1.165) is 57.0 Å². The van der Waals surface area contributed by atoms with Gasteiger partial charge in [0.05, 0.1) is 0 Å². The average molecular weight is 323 g/mol. The van der Waals surface area contributed by atoms with E-state index in [2.05, 4.69) is 14.3 Å². The van der Waals surface area contributed by atoms with Crippen molar-refractivity contribution in [2.24, 2.45) is 5.73 Å². The molecule has 1 saturated heterocycles. The van der Waals surface area contributed by atoms with Gasteiger partial charge in [0.15, 0.2) is 0 Å². The lowest BCUT2D eigenvalue weighted by Gasteiger charge is -2.21. The molecule has 1 aromatic rings. The van der Waals surface area contributed by atoms with Crippen molar-refractivity contribution < 1.29 is 13.2 Å². The maximum absolute atomic E-state index is 12.5. The van der Waals surface area contributed by atoms with Gasteiger partial charge in [0.25, 0.3) is 0 Å². The number of rotatable bonds is 5. The number of halogens is 3. The highest BCUT2D eigenvalue weighted by Crippen LogP contribution is 2.30. The van der Waals surface area contributed by atoms with E-state index in [1.165, 1.54) is 0 Å². The van der Waals surface area contributed by atoms with Crippen molar-refractivity contribution in [2.45, 2.75) is 25.4 Å². The van der Waals surface area contributed by atoms with Crippen LogP contribution in [0.15, 0.2) is 0 Å². The van der Waals surface area contributed by atoms with Crippen LogP contribution in [0.25, 0.3) is 0 Å². The Hall–Kier alpha value is -0.930. The van der Waals surface area contributed by atoms with Gasteiger partial charge in [-0.3, -0.25) is 0 Å². The van der Waals surface area contributed by atoms with Crippen LogP contribution in [0.4, 0.5) is 18.3 Å². The molecule has 1 aliphatic rings. The Kier molecular flexibility index (Phi) is 5.77. The quantitative estimate of drug-likeness (QED) is 0.838. The van der Waals surface area contributed by atoms with E-state index in [0.29, 0.717) is 18.2 Å². The predicted octanol–water partition coefficient (Wildman–Crippen LogP) is 1.81. The average Bonchev–Trinajstić information content (AvgIpc) is 2.81.